The summed E-state index contributed by atoms with van der Waals surface area (Å²) in [6, 6.07) is 13.1. The zero-order valence-corrected chi connectivity index (χ0v) is 20.8. The molecule has 0 saturated heterocycles. The summed E-state index contributed by atoms with van der Waals surface area (Å²) in [5, 5.41) is 18.7. The minimum atomic E-state index is -1.10. The number of pyridine rings is 2. The summed E-state index contributed by atoms with van der Waals surface area (Å²) in [6.45, 7) is 5.55. The van der Waals surface area contributed by atoms with Crippen LogP contribution in [0.15, 0.2) is 53.1 Å². The Labute approximate surface area is 206 Å². The second kappa shape index (κ2) is 10.3. The number of carbonyl (C=O) groups is 1. The van der Waals surface area contributed by atoms with Crippen molar-refractivity contribution in [3.63, 3.8) is 0 Å². The van der Waals surface area contributed by atoms with Gasteiger partial charge in [-0.1, -0.05) is 35.8 Å². The van der Waals surface area contributed by atoms with Crippen LogP contribution in [0.2, 0.25) is 0 Å². The van der Waals surface area contributed by atoms with E-state index < -0.39 is 5.97 Å². The molecule has 1 aromatic carbocycles. The molecule has 0 unspecified atom stereocenters. The minimum absolute atomic E-state index is 0.0456. The number of rotatable bonds is 9. The number of nitrogens with one attached hydrogen (secondary N) is 1. The summed E-state index contributed by atoms with van der Waals surface area (Å²) < 4.78 is 7.68. The maximum absolute atomic E-state index is 12.0. The van der Waals surface area contributed by atoms with E-state index >= 15 is 0 Å². The van der Waals surface area contributed by atoms with Crippen molar-refractivity contribution >= 4 is 38.8 Å². The van der Waals surface area contributed by atoms with Gasteiger partial charge in [0.25, 0.3) is 0 Å². The van der Waals surface area contributed by atoms with Crippen molar-refractivity contribution in [3.05, 3.63) is 64.5 Å². The number of nitrogens with zero attached hydrogens (tertiary/aromatic N) is 4. The second-order valence-electron chi connectivity index (χ2n) is 8.20. The van der Waals surface area contributed by atoms with Gasteiger partial charge in [-0.15, -0.1) is 0 Å². The normalized spacial score (nSPS) is 11.3. The Hall–Kier alpha value is -3.30. The van der Waals surface area contributed by atoms with E-state index in [2.05, 4.69) is 45.1 Å². The number of hydrogen-bond donors (Lipinski definition) is 2. The highest BCUT2D eigenvalue weighted by Crippen LogP contribution is 2.35. The summed E-state index contributed by atoms with van der Waals surface area (Å²) in [7, 11) is 1.68. The van der Waals surface area contributed by atoms with Crippen molar-refractivity contribution in [1.29, 1.82) is 0 Å². The molecule has 0 fully saturated rings. The molecule has 0 radical (unpaired) electrons. The molecular formula is C25H26BrN5O3. The molecule has 0 amide bonds. The fraction of sp³-hybridized carbons (Fsp3) is 0.280. The Morgan fingerprint density at radius 3 is 2.71 bits per heavy atom. The van der Waals surface area contributed by atoms with Gasteiger partial charge in [0.2, 0.25) is 0 Å². The fourth-order valence-electron chi connectivity index (χ4n) is 3.76. The van der Waals surface area contributed by atoms with Crippen molar-refractivity contribution in [2.24, 2.45) is 0 Å². The van der Waals surface area contributed by atoms with Crippen molar-refractivity contribution in [2.45, 2.75) is 26.2 Å². The van der Waals surface area contributed by atoms with E-state index in [-0.39, 0.29) is 11.6 Å². The zero-order valence-electron chi connectivity index (χ0n) is 19.2. The number of carboxylic acid groups (broad SMARTS) is 1. The first-order valence-electron chi connectivity index (χ1n) is 11.0. The Bertz CT molecular complexity index is 1320. The van der Waals surface area contributed by atoms with Crippen molar-refractivity contribution in [3.8, 4) is 16.8 Å². The van der Waals surface area contributed by atoms with E-state index in [1.165, 1.54) is 0 Å². The number of fused-ring (bicyclic) bond motifs is 1. The number of ether oxygens (including phenoxy) is 1. The van der Waals surface area contributed by atoms with E-state index in [0.29, 0.717) is 12.3 Å². The van der Waals surface area contributed by atoms with Gasteiger partial charge in [-0.2, -0.15) is 5.10 Å². The van der Waals surface area contributed by atoms with Crippen LogP contribution in [0.3, 0.4) is 0 Å². The zero-order chi connectivity index (χ0) is 24.2. The van der Waals surface area contributed by atoms with Gasteiger partial charge in [0.15, 0.2) is 11.3 Å². The lowest BCUT2D eigenvalue weighted by molar-refractivity contribution is 0.0691. The number of anilines is 1. The van der Waals surface area contributed by atoms with Crippen LogP contribution in [0.25, 0.3) is 27.8 Å². The van der Waals surface area contributed by atoms with Crippen LogP contribution in [0, 0.1) is 0 Å². The number of aromatic nitrogens is 4. The predicted octanol–water partition coefficient (Wildman–Crippen LogP) is 5.52. The van der Waals surface area contributed by atoms with E-state index in [4.69, 9.17) is 9.84 Å². The monoisotopic (exact) mass is 523 g/mol. The summed E-state index contributed by atoms with van der Waals surface area (Å²) >= 11 is 3.50. The molecule has 4 aromatic rings. The third-order valence-corrected chi connectivity index (χ3v) is 5.88. The summed E-state index contributed by atoms with van der Waals surface area (Å²) in [6.07, 6.45) is 2.62. The standard InChI is InChI=1S/C25H26BrN5O3/c1-15(2)23-22-19(16-8-9-21(28-14-16)27-10-5-11-34-3)13-20(25(32)33)29-24(22)31(30-23)18-7-4-6-17(26)12-18/h4,6-9,12-15H,5,10-11H2,1-3H3,(H,27,28)(H,32,33). The Kier molecular flexibility index (Phi) is 7.23. The highest BCUT2D eigenvalue weighted by Gasteiger charge is 2.23. The molecule has 8 nitrogen and oxygen atoms in total. The highest BCUT2D eigenvalue weighted by molar-refractivity contribution is 9.10. The quantitative estimate of drug-likeness (QED) is 0.278. The third-order valence-electron chi connectivity index (χ3n) is 5.39. The lowest BCUT2D eigenvalue weighted by atomic mass is 9.98. The van der Waals surface area contributed by atoms with Crippen LogP contribution in [0.1, 0.15) is 42.4 Å². The molecule has 0 spiro atoms. The molecule has 3 aromatic heterocycles. The van der Waals surface area contributed by atoms with Crippen LogP contribution in [-0.2, 0) is 4.74 Å². The first kappa shape index (κ1) is 23.8. The van der Waals surface area contributed by atoms with Crippen LogP contribution < -0.4 is 5.32 Å². The average Bonchev–Trinajstić information content (AvgIpc) is 3.22. The maximum atomic E-state index is 12.0. The van der Waals surface area contributed by atoms with E-state index in [0.717, 1.165) is 51.2 Å². The maximum Gasteiger partial charge on any atom is 0.354 e. The topological polar surface area (TPSA) is 102 Å². The average molecular weight is 524 g/mol. The Morgan fingerprint density at radius 1 is 1.24 bits per heavy atom. The van der Waals surface area contributed by atoms with Crippen molar-refractivity contribution < 1.29 is 14.6 Å². The molecule has 0 atom stereocenters. The van der Waals surface area contributed by atoms with Gasteiger partial charge in [-0.25, -0.2) is 19.4 Å². The number of methoxy groups -OCH3 is 1. The van der Waals surface area contributed by atoms with Crippen LogP contribution >= 0.6 is 15.9 Å². The largest absolute Gasteiger partial charge is 0.477 e. The van der Waals surface area contributed by atoms with Gasteiger partial charge in [0, 0.05) is 36.5 Å². The predicted molar refractivity (Wildman–Crippen MR) is 136 cm³/mol. The van der Waals surface area contributed by atoms with Crippen LogP contribution in [0.5, 0.6) is 0 Å². The lowest BCUT2D eigenvalue weighted by Crippen LogP contribution is -2.06. The molecule has 2 N–H and O–H groups in total. The van der Waals surface area contributed by atoms with Gasteiger partial charge >= 0.3 is 5.97 Å². The van der Waals surface area contributed by atoms with Gasteiger partial charge in [-0.05, 0) is 54.3 Å². The SMILES string of the molecule is COCCCNc1ccc(-c2cc(C(=O)O)nc3c2c(C(C)C)nn3-c2cccc(Br)c2)cn1. The van der Waals surface area contributed by atoms with E-state index in [1.54, 1.807) is 24.1 Å². The first-order chi connectivity index (χ1) is 16.4. The first-order valence-corrected chi connectivity index (χ1v) is 11.8. The molecule has 34 heavy (non-hydrogen) atoms. The smallest absolute Gasteiger partial charge is 0.354 e. The fourth-order valence-corrected chi connectivity index (χ4v) is 4.15. The molecule has 0 aliphatic heterocycles. The van der Waals surface area contributed by atoms with Crippen LogP contribution in [0.4, 0.5) is 5.82 Å². The molecule has 3 heterocycles. The number of aromatic carboxylic acids is 1. The van der Waals surface area contributed by atoms with Crippen LogP contribution in [-0.4, -0.2) is 51.1 Å². The van der Waals surface area contributed by atoms with E-state index in [1.807, 2.05) is 36.4 Å². The molecule has 176 valence electrons. The summed E-state index contributed by atoms with van der Waals surface area (Å²) in [5.74, 6) is -0.250. The summed E-state index contributed by atoms with van der Waals surface area (Å²) in [5.41, 5.74) is 3.63. The number of benzene rings is 1. The Balaban J connectivity index is 1.87. The third kappa shape index (κ3) is 4.95. The molecule has 0 aliphatic carbocycles. The molecular weight excluding hydrogens is 498 g/mol. The number of carboxylic acids is 1. The summed E-state index contributed by atoms with van der Waals surface area (Å²) in [4.78, 5) is 21.0. The van der Waals surface area contributed by atoms with Crippen molar-refractivity contribution in [2.75, 3.05) is 25.6 Å². The van der Waals surface area contributed by atoms with Crippen molar-refractivity contribution in [1.82, 2.24) is 19.7 Å². The second-order valence-corrected chi connectivity index (χ2v) is 9.11. The highest BCUT2D eigenvalue weighted by atomic mass is 79.9. The number of halogens is 1. The van der Waals surface area contributed by atoms with E-state index in [9.17, 15) is 9.90 Å². The van der Waals surface area contributed by atoms with Gasteiger partial charge in [-0.3, -0.25) is 0 Å². The van der Waals surface area contributed by atoms with Gasteiger partial charge in [0.05, 0.1) is 16.8 Å². The molecule has 0 bridgehead atoms. The minimum Gasteiger partial charge on any atom is -0.477 e. The molecule has 0 saturated carbocycles. The molecule has 0 aliphatic rings. The van der Waals surface area contributed by atoms with Gasteiger partial charge in [0.1, 0.15) is 5.82 Å². The molecule has 4 rings (SSSR count). The van der Waals surface area contributed by atoms with Gasteiger partial charge < -0.3 is 15.2 Å². The number of hydrogen-bond acceptors (Lipinski definition) is 6. The lowest BCUT2D eigenvalue weighted by Gasteiger charge is -2.10. The molecule has 9 heteroatoms. The Morgan fingerprint density at radius 2 is 2.06 bits per heavy atom.